The quantitative estimate of drug-likeness (QED) is 0.504. The average molecular weight is 456 g/mol. The molecule has 1 fully saturated rings. The molecule has 3 rings (SSSR count). The van der Waals surface area contributed by atoms with Crippen molar-refractivity contribution in [3.05, 3.63) is 64.5 Å². The van der Waals surface area contributed by atoms with Crippen molar-refractivity contribution in [3.8, 4) is 5.75 Å². The lowest BCUT2D eigenvalue weighted by Gasteiger charge is -2.44. The fourth-order valence-corrected chi connectivity index (χ4v) is 4.37. The molecule has 1 N–H and O–H groups in total. The lowest BCUT2D eigenvalue weighted by molar-refractivity contribution is 0.0568. The van der Waals surface area contributed by atoms with Gasteiger partial charge in [0.15, 0.2) is 0 Å². The fraction of sp³-hybridized carbons (Fsp3) is 0.519. The van der Waals surface area contributed by atoms with Gasteiger partial charge in [-0.25, -0.2) is 4.39 Å². The summed E-state index contributed by atoms with van der Waals surface area (Å²) in [5.74, 6) is 0.536. The summed E-state index contributed by atoms with van der Waals surface area (Å²) in [7, 11) is 4.19. The number of ether oxygens (including phenoxy) is 1. The van der Waals surface area contributed by atoms with Crippen LogP contribution in [0.5, 0.6) is 5.75 Å². The lowest BCUT2D eigenvalue weighted by Crippen LogP contribution is -2.52. The van der Waals surface area contributed by atoms with Crippen molar-refractivity contribution < 1.29 is 13.9 Å². The van der Waals surface area contributed by atoms with Crippen molar-refractivity contribution in [1.29, 1.82) is 0 Å². The summed E-state index contributed by atoms with van der Waals surface area (Å²) in [5, 5.41) is 2.88. The number of amides is 1. The van der Waals surface area contributed by atoms with Crippen LogP contribution in [0.4, 0.5) is 4.39 Å². The van der Waals surface area contributed by atoms with Crippen LogP contribution in [0.2, 0.25) is 0 Å². The molecule has 0 saturated carbocycles. The van der Waals surface area contributed by atoms with Crippen LogP contribution >= 0.6 is 0 Å². The van der Waals surface area contributed by atoms with Crippen LogP contribution in [0, 0.1) is 25.6 Å². The fourth-order valence-electron chi connectivity index (χ4n) is 4.37. The standard InChI is InChI=1S/C27H38FN3O2/c1-19-20(2)26(33-15-9-8-14-30(4)5)13-12-23(19)21(3)31-17-22(18-31)16-29-27(32)24-10-6-7-11-25(24)28/h6-7,10-13,21-22H,8-9,14-18H2,1-5H3,(H,29,32). The molecule has 1 unspecified atom stereocenters. The van der Waals surface area contributed by atoms with Crippen molar-refractivity contribution in [2.45, 2.75) is 39.7 Å². The van der Waals surface area contributed by atoms with Gasteiger partial charge in [0.2, 0.25) is 0 Å². The number of halogens is 1. The van der Waals surface area contributed by atoms with Gasteiger partial charge in [0, 0.05) is 31.6 Å². The molecule has 1 heterocycles. The zero-order valence-corrected chi connectivity index (χ0v) is 20.7. The Bertz CT molecular complexity index is 941. The van der Waals surface area contributed by atoms with Crippen LogP contribution in [0.1, 0.15) is 52.9 Å². The van der Waals surface area contributed by atoms with Gasteiger partial charge in [-0.15, -0.1) is 0 Å². The maximum Gasteiger partial charge on any atom is 0.254 e. The van der Waals surface area contributed by atoms with Gasteiger partial charge in [0.05, 0.1) is 12.2 Å². The van der Waals surface area contributed by atoms with Crippen LogP contribution in [0.15, 0.2) is 36.4 Å². The molecule has 1 atom stereocenters. The van der Waals surface area contributed by atoms with E-state index in [4.69, 9.17) is 4.74 Å². The molecule has 33 heavy (non-hydrogen) atoms. The number of benzene rings is 2. The van der Waals surface area contributed by atoms with Crippen molar-refractivity contribution in [1.82, 2.24) is 15.1 Å². The van der Waals surface area contributed by atoms with Crippen LogP contribution in [0.3, 0.4) is 0 Å². The van der Waals surface area contributed by atoms with Gasteiger partial charge in [0.25, 0.3) is 5.91 Å². The summed E-state index contributed by atoms with van der Waals surface area (Å²) in [6.45, 7) is 10.8. The SMILES string of the molecule is Cc1c(OCCCCN(C)C)ccc(C(C)N2CC(CNC(=O)c3ccccc3F)C2)c1C. The number of carbonyl (C=O) groups is 1. The first-order valence-electron chi connectivity index (χ1n) is 11.9. The molecule has 1 aliphatic rings. The molecule has 0 aliphatic carbocycles. The molecule has 1 aliphatic heterocycles. The van der Waals surface area contributed by atoms with E-state index in [1.54, 1.807) is 12.1 Å². The minimum absolute atomic E-state index is 0.105. The minimum Gasteiger partial charge on any atom is -0.493 e. The summed E-state index contributed by atoms with van der Waals surface area (Å²) in [5.41, 5.74) is 3.92. The highest BCUT2D eigenvalue weighted by Crippen LogP contribution is 2.34. The Morgan fingerprint density at radius 1 is 1.15 bits per heavy atom. The molecular formula is C27H38FN3O2. The number of rotatable bonds is 11. The third-order valence-electron chi connectivity index (χ3n) is 6.69. The average Bonchev–Trinajstić information content (AvgIpc) is 2.75. The second kappa shape index (κ2) is 11.6. The van der Waals surface area contributed by atoms with Crippen LogP contribution in [0.25, 0.3) is 0 Å². The van der Waals surface area contributed by atoms with E-state index in [0.29, 0.717) is 18.5 Å². The Balaban J connectivity index is 1.46. The number of nitrogens with one attached hydrogen (secondary N) is 1. The number of hydrogen-bond acceptors (Lipinski definition) is 4. The van der Waals surface area contributed by atoms with E-state index in [1.165, 1.54) is 28.8 Å². The predicted octanol–water partition coefficient (Wildman–Crippen LogP) is 4.59. The largest absolute Gasteiger partial charge is 0.493 e. The molecule has 0 bridgehead atoms. The third-order valence-corrected chi connectivity index (χ3v) is 6.69. The Kier molecular flexibility index (Phi) is 8.87. The van der Waals surface area contributed by atoms with E-state index in [2.05, 4.69) is 62.1 Å². The summed E-state index contributed by atoms with van der Waals surface area (Å²) in [4.78, 5) is 16.8. The van der Waals surface area contributed by atoms with E-state index in [-0.39, 0.29) is 11.5 Å². The maximum absolute atomic E-state index is 13.8. The summed E-state index contributed by atoms with van der Waals surface area (Å²) < 4.78 is 19.8. The second-order valence-corrected chi connectivity index (χ2v) is 9.45. The number of nitrogens with zero attached hydrogens (tertiary/aromatic N) is 2. The van der Waals surface area contributed by atoms with Crippen molar-refractivity contribution in [3.63, 3.8) is 0 Å². The molecule has 2 aromatic rings. The van der Waals surface area contributed by atoms with Gasteiger partial charge in [-0.2, -0.15) is 0 Å². The van der Waals surface area contributed by atoms with Gasteiger partial charge in [-0.3, -0.25) is 9.69 Å². The van der Waals surface area contributed by atoms with Crippen molar-refractivity contribution >= 4 is 5.91 Å². The van der Waals surface area contributed by atoms with E-state index in [9.17, 15) is 9.18 Å². The number of carbonyl (C=O) groups excluding carboxylic acids is 1. The topological polar surface area (TPSA) is 44.8 Å². The number of likely N-dealkylation sites (tertiary alicyclic amines) is 1. The molecular weight excluding hydrogens is 417 g/mol. The first-order valence-corrected chi connectivity index (χ1v) is 11.9. The molecule has 0 radical (unpaired) electrons. The predicted molar refractivity (Wildman–Crippen MR) is 131 cm³/mol. The first kappa shape index (κ1) is 25.2. The Labute approximate surface area is 197 Å². The Morgan fingerprint density at radius 2 is 1.88 bits per heavy atom. The van der Waals surface area contributed by atoms with Gasteiger partial charge < -0.3 is 15.0 Å². The van der Waals surface area contributed by atoms with Gasteiger partial charge in [0.1, 0.15) is 11.6 Å². The first-order chi connectivity index (χ1) is 15.8. The second-order valence-electron chi connectivity index (χ2n) is 9.45. The monoisotopic (exact) mass is 455 g/mol. The molecule has 0 spiro atoms. The molecule has 0 aromatic heterocycles. The molecule has 180 valence electrons. The van der Waals surface area contributed by atoms with Crippen LogP contribution < -0.4 is 10.1 Å². The highest BCUT2D eigenvalue weighted by atomic mass is 19.1. The van der Waals surface area contributed by atoms with Crippen LogP contribution in [-0.4, -0.2) is 62.6 Å². The molecule has 2 aromatic carbocycles. The summed E-state index contributed by atoms with van der Waals surface area (Å²) >= 11 is 0. The number of hydrogen-bond donors (Lipinski definition) is 1. The molecule has 1 saturated heterocycles. The lowest BCUT2D eigenvalue weighted by atomic mass is 9.91. The van der Waals surface area contributed by atoms with Gasteiger partial charge in [-0.1, -0.05) is 18.2 Å². The maximum atomic E-state index is 13.8. The normalized spacial score (nSPS) is 15.4. The molecule has 6 heteroatoms. The van der Waals surface area contributed by atoms with E-state index < -0.39 is 5.82 Å². The molecule has 1 amide bonds. The van der Waals surface area contributed by atoms with Gasteiger partial charge >= 0.3 is 0 Å². The van der Waals surface area contributed by atoms with Gasteiger partial charge in [-0.05, 0) is 89.1 Å². The van der Waals surface area contributed by atoms with E-state index in [0.717, 1.165) is 44.8 Å². The smallest absolute Gasteiger partial charge is 0.254 e. The van der Waals surface area contributed by atoms with E-state index >= 15 is 0 Å². The zero-order chi connectivity index (χ0) is 24.0. The summed E-state index contributed by atoms with van der Waals surface area (Å²) in [6.07, 6.45) is 2.19. The third kappa shape index (κ3) is 6.55. The van der Waals surface area contributed by atoms with E-state index in [1.807, 2.05) is 0 Å². The Morgan fingerprint density at radius 3 is 2.58 bits per heavy atom. The highest BCUT2D eigenvalue weighted by Gasteiger charge is 2.32. The highest BCUT2D eigenvalue weighted by molar-refractivity contribution is 5.94. The minimum atomic E-state index is -0.481. The van der Waals surface area contributed by atoms with Crippen molar-refractivity contribution in [2.75, 3.05) is 46.9 Å². The Hall–Kier alpha value is -2.44. The summed E-state index contributed by atoms with van der Waals surface area (Å²) in [6, 6.07) is 10.7. The molecule has 5 nitrogen and oxygen atoms in total. The van der Waals surface area contributed by atoms with Crippen molar-refractivity contribution in [2.24, 2.45) is 5.92 Å². The van der Waals surface area contributed by atoms with Crippen LogP contribution in [-0.2, 0) is 0 Å². The zero-order valence-electron chi connectivity index (χ0n) is 20.7. The number of unbranched alkanes of at least 4 members (excludes halogenated alkanes) is 1.